The van der Waals surface area contributed by atoms with E-state index in [-0.39, 0.29) is 30.4 Å². The summed E-state index contributed by atoms with van der Waals surface area (Å²) in [7, 11) is 3.33. The number of carbonyl (C=O) groups is 3. The van der Waals surface area contributed by atoms with Crippen LogP contribution in [0.1, 0.15) is 28.8 Å². The minimum absolute atomic E-state index is 0.113. The summed E-state index contributed by atoms with van der Waals surface area (Å²) in [6.07, 6.45) is 3.50. The van der Waals surface area contributed by atoms with Gasteiger partial charge in [-0.15, -0.1) is 11.3 Å². The largest absolute Gasteiger partial charge is 0.370 e. The smallest absolute Gasteiger partial charge is 0.249 e. The number of amides is 3. The van der Waals surface area contributed by atoms with Crippen LogP contribution in [0.4, 0.5) is 0 Å². The van der Waals surface area contributed by atoms with E-state index in [4.69, 9.17) is 4.74 Å². The summed E-state index contributed by atoms with van der Waals surface area (Å²) >= 11 is 1.56. The molecule has 0 radical (unpaired) electrons. The standard InChI is InChI=1S/C37H44N4O4S/c1-40(35(42)26-45-25-31-14-8-19-38-31)34(23-28-16-17-29-12-6-7-13-30(29)22-28)37(44)41(2)33(24-32-15-9-21-46-32)36(43)39-20-18-27-10-4-3-5-11-27/h3-7,9-13,15-17,21-22,31,33-34,38H,8,14,18-20,23-26H2,1-2H3,(H,39,43). The molecular formula is C37H44N4O4S. The first-order valence-corrected chi connectivity index (χ1v) is 16.9. The average Bonchev–Trinajstić information content (AvgIpc) is 3.80. The zero-order chi connectivity index (χ0) is 32.3. The number of hydrogen-bond acceptors (Lipinski definition) is 6. The van der Waals surface area contributed by atoms with Gasteiger partial charge in [-0.05, 0) is 59.2 Å². The molecule has 1 aliphatic rings. The Morgan fingerprint density at radius 2 is 1.67 bits per heavy atom. The minimum atomic E-state index is -0.824. The van der Waals surface area contributed by atoms with E-state index in [9.17, 15) is 14.4 Å². The van der Waals surface area contributed by atoms with Gasteiger partial charge in [-0.2, -0.15) is 0 Å². The van der Waals surface area contributed by atoms with Crippen molar-refractivity contribution in [1.82, 2.24) is 20.4 Å². The average molecular weight is 641 g/mol. The Morgan fingerprint density at radius 1 is 0.891 bits per heavy atom. The summed E-state index contributed by atoms with van der Waals surface area (Å²) in [6, 6.07) is 26.8. The van der Waals surface area contributed by atoms with Gasteiger partial charge in [0.15, 0.2) is 0 Å². The van der Waals surface area contributed by atoms with Crippen molar-refractivity contribution in [2.75, 3.05) is 40.4 Å². The van der Waals surface area contributed by atoms with Crippen LogP contribution in [0.5, 0.6) is 0 Å². The number of nitrogens with zero attached hydrogens (tertiary/aromatic N) is 2. The highest BCUT2D eigenvalue weighted by atomic mass is 32.1. The summed E-state index contributed by atoms with van der Waals surface area (Å²) in [6.45, 7) is 1.76. The van der Waals surface area contributed by atoms with E-state index >= 15 is 0 Å². The van der Waals surface area contributed by atoms with Gasteiger partial charge in [-0.25, -0.2) is 0 Å². The highest BCUT2D eigenvalue weighted by molar-refractivity contribution is 7.09. The molecule has 2 heterocycles. The minimum Gasteiger partial charge on any atom is -0.370 e. The molecule has 9 heteroatoms. The molecule has 0 saturated carbocycles. The van der Waals surface area contributed by atoms with Gasteiger partial charge in [0, 0.05) is 44.4 Å². The Morgan fingerprint density at radius 3 is 2.41 bits per heavy atom. The summed E-state index contributed by atoms with van der Waals surface area (Å²) in [5.41, 5.74) is 2.06. The van der Waals surface area contributed by atoms with Gasteiger partial charge in [-0.3, -0.25) is 14.4 Å². The molecule has 3 unspecified atom stereocenters. The molecule has 1 fully saturated rings. The van der Waals surface area contributed by atoms with E-state index < -0.39 is 12.1 Å². The van der Waals surface area contributed by atoms with E-state index in [2.05, 4.69) is 16.7 Å². The van der Waals surface area contributed by atoms with Crippen molar-refractivity contribution in [1.29, 1.82) is 0 Å². The van der Waals surface area contributed by atoms with Gasteiger partial charge in [0.1, 0.15) is 18.7 Å². The number of carbonyl (C=O) groups excluding carboxylic acids is 3. The Labute approximate surface area is 275 Å². The van der Waals surface area contributed by atoms with Crippen molar-refractivity contribution in [3.63, 3.8) is 0 Å². The zero-order valence-corrected chi connectivity index (χ0v) is 27.5. The first-order valence-electron chi connectivity index (χ1n) is 16.0. The molecule has 0 bridgehead atoms. The predicted molar refractivity (Wildman–Crippen MR) is 184 cm³/mol. The Hall–Kier alpha value is -4.05. The van der Waals surface area contributed by atoms with Crippen molar-refractivity contribution in [2.45, 2.75) is 50.2 Å². The van der Waals surface area contributed by atoms with Crippen molar-refractivity contribution in [3.8, 4) is 0 Å². The Bertz CT molecular complexity index is 1570. The predicted octanol–water partition coefficient (Wildman–Crippen LogP) is 4.47. The number of benzene rings is 3. The van der Waals surface area contributed by atoms with Crippen molar-refractivity contribution in [3.05, 3.63) is 106 Å². The quantitative estimate of drug-likeness (QED) is 0.200. The number of ether oxygens (including phenoxy) is 1. The summed E-state index contributed by atoms with van der Waals surface area (Å²) in [4.78, 5) is 45.6. The highest BCUT2D eigenvalue weighted by Crippen LogP contribution is 2.21. The maximum atomic E-state index is 14.4. The third kappa shape index (κ3) is 9.02. The molecule has 1 aromatic heterocycles. The lowest BCUT2D eigenvalue weighted by Gasteiger charge is -2.34. The molecule has 242 valence electrons. The number of nitrogens with one attached hydrogen (secondary N) is 2. The number of fused-ring (bicyclic) bond motifs is 1. The third-order valence-electron chi connectivity index (χ3n) is 8.74. The van der Waals surface area contributed by atoms with Crippen LogP contribution in [-0.4, -0.2) is 86.0 Å². The van der Waals surface area contributed by atoms with Crippen LogP contribution in [-0.2, 0) is 38.4 Å². The van der Waals surface area contributed by atoms with Crippen molar-refractivity contribution in [2.24, 2.45) is 0 Å². The van der Waals surface area contributed by atoms with Gasteiger partial charge in [0.05, 0.1) is 6.61 Å². The van der Waals surface area contributed by atoms with E-state index in [0.717, 1.165) is 46.2 Å². The monoisotopic (exact) mass is 640 g/mol. The molecule has 0 spiro atoms. The van der Waals surface area contributed by atoms with Crippen LogP contribution in [0.25, 0.3) is 10.8 Å². The Kier molecular flexibility index (Phi) is 11.9. The highest BCUT2D eigenvalue weighted by Gasteiger charge is 2.35. The molecule has 5 rings (SSSR count). The first kappa shape index (κ1) is 33.3. The molecule has 1 saturated heterocycles. The van der Waals surface area contributed by atoms with Crippen molar-refractivity contribution < 1.29 is 19.1 Å². The fraction of sp³-hybridized carbons (Fsp3) is 0.378. The molecule has 3 atom stereocenters. The SMILES string of the molecule is CN(C(=O)COCC1CCCN1)C(Cc1ccc2ccccc2c1)C(=O)N(C)C(Cc1cccs1)C(=O)NCCc1ccccc1. The number of hydrogen-bond donors (Lipinski definition) is 2. The molecule has 1 aliphatic heterocycles. The lowest BCUT2D eigenvalue weighted by atomic mass is 9.99. The molecule has 46 heavy (non-hydrogen) atoms. The summed E-state index contributed by atoms with van der Waals surface area (Å²) < 4.78 is 5.79. The van der Waals surface area contributed by atoms with Crippen molar-refractivity contribution >= 4 is 39.8 Å². The normalized spacial score (nSPS) is 15.7. The second-order valence-corrected chi connectivity index (χ2v) is 13.0. The molecule has 3 amide bonds. The fourth-order valence-electron chi connectivity index (χ4n) is 5.95. The third-order valence-corrected chi connectivity index (χ3v) is 9.64. The van der Waals surface area contributed by atoms with E-state index in [1.807, 2.05) is 84.2 Å². The topological polar surface area (TPSA) is 91.0 Å². The molecule has 8 nitrogen and oxygen atoms in total. The molecule has 0 aliphatic carbocycles. The van der Waals surface area contributed by atoms with Crippen LogP contribution in [0.15, 0.2) is 90.3 Å². The van der Waals surface area contributed by atoms with Gasteiger partial charge >= 0.3 is 0 Å². The summed E-state index contributed by atoms with van der Waals surface area (Å²) in [5.74, 6) is -0.778. The van der Waals surface area contributed by atoms with Crippen LogP contribution >= 0.6 is 11.3 Å². The van der Waals surface area contributed by atoms with Crippen LogP contribution < -0.4 is 10.6 Å². The summed E-state index contributed by atoms with van der Waals surface area (Å²) in [5, 5.41) is 10.6. The molecule has 3 aromatic carbocycles. The number of rotatable bonds is 15. The Balaban J connectivity index is 1.34. The number of likely N-dealkylation sites (N-methyl/N-ethyl adjacent to an activating group) is 2. The van der Waals surface area contributed by atoms with Gasteiger partial charge in [0.2, 0.25) is 17.7 Å². The zero-order valence-electron chi connectivity index (χ0n) is 26.7. The van der Waals surface area contributed by atoms with Gasteiger partial charge < -0.3 is 25.2 Å². The second-order valence-electron chi connectivity index (χ2n) is 12.0. The van der Waals surface area contributed by atoms with Crippen LogP contribution in [0, 0.1) is 0 Å². The fourth-order valence-corrected chi connectivity index (χ4v) is 6.69. The first-order chi connectivity index (χ1) is 22.4. The van der Waals surface area contributed by atoms with Gasteiger partial charge in [-0.1, -0.05) is 78.9 Å². The van der Waals surface area contributed by atoms with E-state index in [1.54, 1.807) is 25.4 Å². The molecule has 4 aromatic rings. The molecule has 2 N–H and O–H groups in total. The van der Waals surface area contributed by atoms with E-state index in [1.165, 1.54) is 9.80 Å². The van der Waals surface area contributed by atoms with Crippen LogP contribution in [0.3, 0.4) is 0 Å². The maximum absolute atomic E-state index is 14.4. The second kappa shape index (κ2) is 16.5. The number of thiophene rings is 1. The van der Waals surface area contributed by atoms with E-state index in [0.29, 0.717) is 32.4 Å². The lowest BCUT2D eigenvalue weighted by molar-refractivity contribution is -0.149. The molecular weight excluding hydrogens is 596 g/mol. The lowest BCUT2D eigenvalue weighted by Crippen LogP contribution is -2.56. The van der Waals surface area contributed by atoms with Gasteiger partial charge in [0.25, 0.3) is 0 Å². The van der Waals surface area contributed by atoms with Crippen LogP contribution in [0.2, 0.25) is 0 Å². The maximum Gasteiger partial charge on any atom is 0.249 e.